The largest absolute Gasteiger partial charge is 0.496 e. The fourth-order valence-electron chi connectivity index (χ4n) is 2.25. The maximum atomic E-state index is 8.59. The minimum absolute atomic E-state index is 0.0705. The van der Waals surface area contributed by atoms with Gasteiger partial charge in [0, 0.05) is 17.5 Å². The number of hydrogen-bond donors (Lipinski definition) is 1. The smallest absolute Gasteiger partial charge is 0.125 e. The van der Waals surface area contributed by atoms with Crippen LogP contribution in [0.2, 0.25) is 0 Å². The van der Waals surface area contributed by atoms with Crippen LogP contribution in [0.15, 0.2) is 12.1 Å². The number of nitriles is 1. The van der Waals surface area contributed by atoms with E-state index < -0.39 is 0 Å². The standard InChI is InChI=1S/C15H22N2O/c1-11-8-12(2)14(18-5)13(9-11)15(3,4)10-17-7-6-16/h8-9,17H,7,10H2,1-5H3. The number of nitrogens with zero attached hydrogens (tertiary/aromatic N) is 1. The van der Waals surface area contributed by atoms with Crippen molar-refractivity contribution in [2.75, 3.05) is 20.2 Å². The van der Waals surface area contributed by atoms with E-state index in [1.165, 1.54) is 11.1 Å². The van der Waals surface area contributed by atoms with Crippen LogP contribution in [0.4, 0.5) is 0 Å². The van der Waals surface area contributed by atoms with E-state index in [4.69, 9.17) is 10.00 Å². The van der Waals surface area contributed by atoms with E-state index in [-0.39, 0.29) is 5.41 Å². The normalized spacial score (nSPS) is 11.1. The first-order chi connectivity index (χ1) is 8.42. The Morgan fingerprint density at radius 1 is 1.33 bits per heavy atom. The Bertz CT molecular complexity index is 458. The van der Waals surface area contributed by atoms with E-state index in [1.807, 2.05) is 0 Å². The molecule has 0 unspecified atom stereocenters. The zero-order chi connectivity index (χ0) is 13.8. The highest BCUT2D eigenvalue weighted by Gasteiger charge is 2.25. The summed E-state index contributed by atoms with van der Waals surface area (Å²) in [5.41, 5.74) is 3.50. The van der Waals surface area contributed by atoms with E-state index in [9.17, 15) is 0 Å². The zero-order valence-electron chi connectivity index (χ0n) is 11.9. The molecule has 0 saturated heterocycles. The van der Waals surface area contributed by atoms with Gasteiger partial charge in [-0.3, -0.25) is 0 Å². The van der Waals surface area contributed by atoms with Crippen LogP contribution >= 0.6 is 0 Å². The summed E-state index contributed by atoms with van der Waals surface area (Å²) in [5, 5.41) is 11.7. The first-order valence-corrected chi connectivity index (χ1v) is 6.15. The molecule has 0 aromatic heterocycles. The van der Waals surface area contributed by atoms with Gasteiger partial charge in [0.25, 0.3) is 0 Å². The number of hydrogen-bond acceptors (Lipinski definition) is 3. The summed E-state index contributed by atoms with van der Waals surface area (Å²) in [6, 6.07) is 6.39. The molecule has 0 amide bonds. The third-order valence-corrected chi connectivity index (χ3v) is 3.12. The lowest BCUT2D eigenvalue weighted by Gasteiger charge is -2.28. The molecule has 0 radical (unpaired) electrons. The van der Waals surface area contributed by atoms with Crippen molar-refractivity contribution in [1.29, 1.82) is 5.26 Å². The molecule has 1 aromatic rings. The van der Waals surface area contributed by atoms with Crippen LogP contribution in [-0.4, -0.2) is 20.2 Å². The molecular weight excluding hydrogens is 224 g/mol. The predicted octanol–water partition coefficient (Wildman–Crippen LogP) is 2.70. The van der Waals surface area contributed by atoms with E-state index in [2.05, 4.69) is 51.2 Å². The van der Waals surface area contributed by atoms with E-state index in [1.54, 1.807) is 7.11 Å². The second-order valence-corrected chi connectivity index (χ2v) is 5.31. The summed E-state index contributed by atoms with van der Waals surface area (Å²) in [7, 11) is 1.71. The predicted molar refractivity (Wildman–Crippen MR) is 74.0 cm³/mol. The van der Waals surface area contributed by atoms with Gasteiger partial charge in [-0.05, 0) is 19.4 Å². The van der Waals surface area contributed by atoms with Gasteiger partial charge >= 0.3 is 0 Å². The lowest BCUT2D eigenvalue weighted by atomic mass is 9.82. The molecule has 0 heterocycles. The minimum atomic E-state index is -0.0705. The zero-order valence-corrected chi connectivity index (χ0v) is 11.9. The number of benzene rings is 1. The molecule has 3 heteroatoms. The summed E-state index contributed by atoms with van der Waals surface area (Å²) >= 11 is 0. The van der Waals surface area contributed by atoms with Crippen molar-refractivity contribution in [3.63, 3.8) is 0 Å². The number of nitrogens with one attached hydrogen (secondary N) is 1. The summed E-state index contributed by atoms with van der Waals surface area (Å²) in [6.07, 6.45) is 0. The van der Waals surface area contributed by atoms with E-state index in [0.29, 0.717) is 6.54 Å². The SMILES string of the molecule is COc1c(C)cc(C)cc1C(C)(C)CNCC#N. The minimum Gasteiger partial charge on any atom is -0.496 e. The monoisotopic (exact) mass is 246 g/mol. The van der Waals surface area contributed by atoms with Crippen molar-refractivity contribution in [3.05, 3.63) is 28.8 Å². The summed E-state index contributed by atoms with van der Waals surface area (Å²) in [6.45, 7) is 9.60. The fraction of sp³-hybridized carbons (Fsp3) is 0.533. The van der Waals surface area contributed by atoms with Crippen molar-refractivity contribution in [1.82, 2.24) is 5.32 Å². The molecule has 18 heavy (non-hydrogen) atoms. The Morgan fingerprint density at radius 2 is 2.00 bits per heavy atom. The molecule has 98 valence electrons. The Kier molecular flexibility index (Phi) is 4.75. The summed E-state index contributed by atoms with van der Waals surface area (Å²) < 4.78 is 5.53. The van der Waals surface area contributed by atoms with Gasteiger partial charge in [0.15, 0.2) is 0 Å². The molecule has 0 aliphatic rings. The molecule has 0 aliphatic carbocycles. The van der Waals surface area contributed by atoms with Crippen LogP contribution in [0.5, 0.6) is 5.75 Å². The summed E-state index contributed by atoms with van der Waals surface area (Å²) in [4.78, 5) is 0. The molecule has 0 spiro atoms. The average molecular weight is 246 g/mol. The molecule has 1 rings (SSSR count). The van der Waals surface area contributed by atoms with Gasteiger partial charge in [0.05, 0.1) is 19.7 Å². The third-order valence-electron chi connectivity index (χ3n) is 3.12. The Morgan fingerprint density at radius 3 is 2.56 bits per heavy atom. The second kappa shape index (κ2) is 5.88. The molecular formula is C15H22N2O. The highest BCUT2D eigenvalue weighted by Crippen LogP contribution is 2.34. The highest BCUT2D eigenvalue weighted by atomic mass is 16.5. The first-order valence-electron chi connectivity index (χ1n) is 6.15. The lowest BCUT2D eigenvalue weighted by molar-refractivity contribution is 0.385. The van der Waals surface area contributed by atoms with Crippen LogP contribution in [0, 0.1) is 25.2 Å². The quantitative estimate of drug-likeness (QED) is 0.642. The van der Waals surface area contributed by atoms with Gasteiger partial charge in [0.2, 0.25) is 0 Å². The molecule has 0 aliphatic heterocycles. The maximum absolute atomic E-state index is 8.59. The van der Waals surface area contributed by atoms with Crippen molar-refractivity contribution in [3.8, 4) is 11.8 Å². The van der Waals surface area contributed by atoms with Crippen molar-refractivity contribution in [2.24, 2.45) is 0 Å². The van der Waals surface area contributed by atoms with Crippen LogP contribution in [0.1, 0.15) is 30.5 Å². The number of aryl methyl sites for hydroxylation is 2. The Balaban J connectivity index is 3.10. The number of rotatable bonds is 5. The van der Waals surface area contributed by atoms with Gasteiger partial charge in [-0.15, -0.1) is 0 Å². The van der Waals surface area contributed by atoms with Crippen LogP contribution in [-0.2, 0) is 5.41 Å². The molecule has 0 saturated carbocycles. The van der Waals surface area contributed by atoms with Crippen LogP contribution in [0.25, 0.3) is 0 Å². The average Bonchev–Trinajstić information content (AvgIpc) is 2.28. The van der Waals surface area contributed by atoms with Crippen LogP contribution < -0.4 is 10.1 Å². The highest BCUT2D eigenvalue weighted by molar-refractivity contribution is 5.47. The number of methoxy groups -OCH3 is 1. The second-order valence-electron chi connectivity index (χ2n) is 5.31. The molecule has 1 aromatic carbocycles. The number of ether oxygens (including phenoxy) is 1. The molecule has 0 atom stereocenters. The first kappa shape index (κ1) is 14.5. The fourth-order valence-corrected chi connectivity index (χ4v) is 2.25. The van der Waals surface area contributed by atoms with Crippen molar-refractivity contribution >= 4 is 0 Å². The van der Waals surface area contributed by atoms with Gasteiger partial charge in [-0.25, -0.2) is 0 Å². The third kappa shape index (κ3) is 3.24. The maximum Gasteiger partial charge on any atom is 0.125 e. The van der Waals surface area contributed by atoms with Gasteiger partial charge in [0.1, 0.15) is 5.75 Å². The van der Waals surface area contributed by atoms with Gasteiger partial charge in [-0.2, -0.15) is 5.26 Å². The Labute approximate surface area is 110 Å². The molecule has 1 N–H and O–H groups in total. The Hall–Kier alpha value is -1.53. The van der Waals surface area contributed by atoms with Crippen LogP contribution in [0.3, 0.4) is 0 Å². The van der Waals surface area contributed by atoms with Crippen molar-refractivity contribution in [2.45, 2.75) is 33.1 Å². The topological polar surface area (TPSA) is 45.0 Å². The summed E-state index contributed by atoms with van der Waals surface area (Å²) in [5.74, 6) is 0.948. The van der Waals surface area contributed by atoms with E-state index in [0.717, 1.165) is 17.9 Å². The molecule has 0 bridgehead atoms. The van der Waals surface area contributed by atoms with Gasteiger partial charge in [-0.1, -0.05) is 31.5 Å². The lowest BCUT2D eigenvalue weighted by Crippen LogP contribution is -2.33. The van der Waals surface area contributed by atoms with Gasteiger partial charge < -0.3 is 10.1 Å². The van der Waals surface area contributed by atoms with Crippen molar-refractivity contribution < 1.29 is 4.74 Å². The molecule has 3 nitrogen and oxygen atoms in total. The van der Waals surface area contributed by atoms with E-state index >= 15 is 0 Å². The molecule has 0 fully saturated rings.